The predicted octanol–water partition coefficient (Wildman–Crippen LogP) is 4.94. The van der Waals surface area contributed by atoms with Gasteiger partial charge in [-0.1, -0.05) is 31.5 Å². The van der Waals surface area contributed by atoms with Crippen molar-refractivity contribution in [3.63, 3.8) is 0 Å². The SMILES string of the molecule is CC(C)CC(C)(N)COc1ccc(-c2cc(Cl)nn3cc(C4CC4)nc23)cc1C#N. The molecule has 4 rings (SSSR count). The summed E-state index contributed by atoms with van der Waals surface area (Å²) in [6.45, 7) is 6.57. The van der Waals surface area contributed by atoms with Gasteiger partial charge in [0.1, 0.15) is 18.4 Å². The van der Waals surface area contributed by atoms with Crippen LogP contribution in [0.15, 0.2) is 30.5 Å². The quantitative estimate of drug-likeness (QED) is 0.581. The van der Waals surface area contributed by atoms with Gasteiger partial charge in [0.25, 0.3) is 0 Å². The maximum atomic E-state index is 9.70. The summed E-state index contributed by atoms with van der Waals surface area (Å²) in [5, 5.41) is 14.4. The molecule has 1 aliphatic carbocycles. The average molecular weight is 424 g/mol. The van der Waals surface area contributed by atoms with Gasteiger partial charge in [-0.15, -0.1) is 0 Å². The van der Waals surface area contributed by atoms with E-state index in [-0.39, 0.29) is 0 Å². The standard InChI is InChI=1S/C23H26ClN5O/c1-14(2)10-23(3,26)13-30-20-7-6-16(8-17(20)11-25)18-9-21(24)28-29-12-19(15-4-5-15)27-22(18)29/h6-9,12,14-15H,4-5,10,13,26H2,1-3H3. The molecule has 1 saturated carbocycles. The number of nitrogens with zero attached hydrogens (tertiary/aromatic N) is 4. The molecule has 0 bridgehead atoms. The fourth-order valence-electron chi connectivity index (χ4n) is 3.90. The molecule has 7 heteroatoms. The number of fused-ring (bicyclic) bond motifs is 1. The first kappa shape index (κ1) is 20.6. The monoisotopic (exact) mass is 423 g/mol. The van der Waals surface area contributed by atoms with Crippen LogP contribution in [0.3, 0.4) is 0 Å². The Bertz CT molecular complexity index is 1120. The Labute approximate surface area is 181 Å². The Kier molecular flexibility index (Phi) is 5.44. The number of benzene rings is 1. The average Bonchev–Trinajstić information content (AvgIpc) is 3.44. The number of rotatable bonds is 7. The molecule has 2 aromatic heterocycles. The van der Waals surface area contributed by atoms with Gasteiger partial charge >= 0.3 is 0 Å². The number of aromatic nitrogens is 3. The zero-order valence-electron chi connectivity index (χ0n) is 17.5. The highest BCUT2D eigenvalue weighted by molar-refractivity contribution is 6.29. The topological polar surface area (TPSA) is 89.2 Å². The number of hydrogen-bond donors (Lipinski definition) is 1. The van der Waals surface area contributed by atoms with Gasteiger partial charge < -0.3 is 10.5 Å². The summed E-state index contributed by atoms with van der Waals surface area (Å²) in [6, 6.07) is 9.57. The van der Waals surface area contributed by atoms with Crippen molar-refractivity contribution in [3.05, 3.63) is 46.9 Å². The van der Waals surface area contributed by atoms with E-state index in [4.69, 9.17) is 27.1 Å². The van der Waals surface area contributed by atoms with Crippen molar-refractivity contribution in [1.29, 1.82) is 5.26 Å². The molecular weight excluding hydrogens is 398 g/mol. The second kappa shape index (κ2) is 7.90. The van der Waals surface area contributed by atoms with Gasteiger partial charge in [-0.3, -0.25) is 0 Å². The predicted molar refractivity (Wildman–Crippen MR) is 118 cm³/mol. The zero-order chi connectivity index (χ0) is 21.5. The van der Waals surface area contributed by atoms with E-state index >= 15 is 0 Å². The van der Waals surface area contributed by atoms with Crippen molar-refractivity contribution < 1.29 is 4.74 Å². The van der Waals surface area contributed by atoms with Crippen molar-refractivity contribution in [3.8, 4) is 22.9 Å². The lowest BCUT2D eigenvalue weighted by Gasteiger charge is -2.26. The summed E-state index contributed by atoms with van der Waals surface area (Å²) in [4.78, 5) is 4.78. The summed E-state index contributed by atoms with van der Waals surface area (Å²) in [5.74, 6) is 1.51. The lowest BCUT2D eigenvalue weighted by Crippen LogP contribution is -2.43. The highest BCUT2D eigenvalue weighted by atomic mass is 35.5. The molecule has 0 radical (unpaired) electrons. The molecule has 2 heterocycles. The van der Waals surface area contributed by atoms with Crippen LogP contribution in [0.1, 0.15) is 57.2 Å². The molecule has 1 atom stereocenters. The summed E-state index contributed by atoms with van der Waals surface area (Å²) in [5.41, 5.74) is 9.81. The molecule has 1 unspecified atom stereocenters. The molecular formula is C23H26ClN5O. The number of nitriles is 1. The van der Waals surface area contributed by atoms with E-state index in [1.54, 1.807) is 10.6 Å². The van der Waals surface area contributed by atoms with Gasteiger partial charge in [-0.2, -0.15) is 10.4 Å². The Morgan fingerprint density at radius 2 is 2.13 bits per heavy atom. The van der Waals surface area contributed by atoms with Crippen molar-refractivity contribution in [2.45, 2.75) is 51.5 Å². The molecule has 6 nitrogen and oxygen atoms in total. The normalized spacial score (nSPS) is 15.9. The molecule has 0 aliphatic heterocycles. The largest absolute Gasteiger partial charge is 0.490 e. The Morgan fingerprint density at radius 1 is 1.37 bits per heavy atom. The highest BCUT2D eigenvalue weighted by Crippen LogP contribution is 2.40. The van der Waals surface area contributed by atoms with Crippen LogP contribution in [0.4, 0.5) is 0 Å². The van der Waals surface area contributed by atoms with Crippen molar-refractivity contribution in [2.75, 3.05) is 6.61 Å². The third-order valence-corrected chi connectivity index (χ3v) is 5.44. The Hall–Kier alpha value is -2.62. The fraction of sp³-hybridized carbons (Fsp3) is 0.435. The highest BCUT2D eigenvalue weighted by Gasteiger charge is 2.27. The van der Waals surface area contributed by atoms with Crippen molar-refractivity contribution in [1.82, 2.24) is 14.6 Å². The van der Waals surface area contributed by atoms with Crippen LogP contribution in [0.25, 0.3) is 16.8 Å². The third-order valence-electron chi connectivity index (χ3n) is 5.25. The minimum atomic E-state index is -0.459. The fourth-order valence-corrected chi connectivity index (χ4v) is 4.09. The van der Waals surface area contributed by atoms with Gasteiger partial charge in [0.2, 0.25) is 0 Å². The summed E-state index contributed by atoms with van der Waals surface area (Å²) in [6.07, 6.45) is 5.11. The van der Waals surface area contributed by atoms with Crippen LogP contribution in [-0.4, -0.2) is 26.7 Å². The second-order valence-electron chi connectivity index (χ2n) is 8.95. The molecule has 156 valence electrons. The molecule has 30 heavy (non-hydrogen) atoms. The van der Waals surface area contributed by atoms with E-state index in [1.807, 2.05) is 31.3 Å². The van der Waals surface area contributed by atoms with Crippen LogP contribution < -0.4 is 10.5 Å². The molecule has 0 amide bonds. The third kappa shape index (κ3) is 4.43. The minimum Gasteiger partial charge on any atom is -0.490 e. The van der Waals surface area contributed by atoms with Crippen LogP contribution >= 0.6 is 11.6 Å². The minimum absolute atomic E-state index is 0.343. The van der Waals surface area contributed by atoms with E-state index in [2.05, 4.69) is 25.0 Å². The number of halogens is 1. The van der Waals surface area contributed by atoms with E-state index in [0.29, 0.717) is 34.9 Å². The lowest BCUT2D eigenvalue weighted by atomic mass is 9.93. The van der Waals surface area contributed by atoms with E-state index in [1.165, 1.54) is 0 Å². The van der Waals surface area contributed by atoms with Gasteiger partial charge in [0.05, 0.1) is 17.5 Å². The zero-order valence-corrected chi connectivity index (χ0v) is 18.3. The molecule has 1 aromatic carbocycles. The maximum Gasteiger partial charge on any atom is 0.161 e. The van der Waals surface area contributed by atoms with Gasteiger partial charge in [-0.25, -0.2) is 9.50 Å². The van der Waals surface area contributed by atoms with Gasteiger partial charge in [-0.05, 0) is 55.9 Å². The second-order valence-corrected chi connectivity index (χ2v) is 9.34. The number of ether oxygens (including phenoxy) is 1. The number of hydrogen-bond acceptors (Lipinski definition) is 5. The van der Waals surface area contributed by atoms with Crippen LogP contribution in [0.2, 0.25) is 5.15 Å². The van der Waals surface area contributed by atoms with Gasteiger partial charge in [0, 0.05) is 17.0 Å². The molecule has 0 spiro atoms. The number of imidazole rings is 1. The van der Waals surface area contributed by atoms with E-state index in [0.717, 1.165) is 41.7 Å². The van der Waals surface area contributed by atoms with E-state index in [9.17, 15) is 5.26 Å². The molecule has 2 N–H and O–H groups in total. The maximum absolute atomic E-state index is 9.70. The van der Waals surface area contributed by atoms with Crippen molar-refractivity contribution >= 4 is 17.2 Å². The summed E-state index contributed by atoms with van der Waals surface area (Å²) < 4.78 is 7.66. The van der Waals surface area contributed by atoms with Crippen LogP contribution in [0.5, 0.6) is 5.75 Å². The molecule has 0 saturated heterocycles. The van der Waals surface area contributed by atoms with Crippen molar-refractivity contribution in [2.24, 2.45) is 11.7 Å². The smallest absolute Gasteiger partial charge is 0.161 e. The lowest BCUT2D eigenvalue weighted by molar-refractivity contribution is 0.206. The van der Waals surface area contributed by atoms with Crippen LogP contribution in [-0.2, 0) is 0 Å². The Morgan fingerprint density at radius 3 is 2.80 bits per heavy atom. The molecule has 1 fully saturated rings. The first-order valence-electron chi connectivity index (χ1n) is 10.3. The summed E-state index contributed by atoms with van der Waals surface area (Å²) in [7, 11) is 0. The molecule has 3 aromatic rings. The first-order chi connectivity index (χ1) is 14.3. The number of nitrogens with two attached hydrogens (primary N) is 1. The first-order valence-corrected chi connectivity index (χ1v) is 10.7. The van der Waals surface area contributed by atoms with Gasteiger partial charge in [0.15, 0.2) is 10.8 Å². The van der Waals surface area contributed by atoms with E-state index < -0.39 is 5.54 Å². The molecule has 1 aliphatic rings. The summed E-state index contributed by atoms with van der Waals surface area (Å²) >= 11 is 6.26. The Balaban J connectivity index is 1.65. The van der Waals surface area contributed by atoms with Crippen LogP contribution in [0, 0.1) is 17.2 Å².